The van der Waals surface area contributed by atoms with E-state index < -0.39 is 17.9 Å². The number of aliphatic carboxylic acids is 2. The highest BCUT2D eigenvalue weighted by molar-refractivity contribution is 5.93. The first-order valence-electron chi connectivity index (χ1n) is 4.65. The van der Waals surface area contributed by atoms with Crippen molar-refractivity contribution in [2.75, 3.05) is 5.73 Å². The lowest BCUT2D eigenvalue weighted by Crippen LogP contribution is -2.00. The molecule has 0 amide bonds. The van der Waals surface area contributed by atoms with Crippen LogP contribution in [-0.4, -0.2) is 33.2 Å². The van der Waals surface area contributed by atoms with Gasteiger partial charge in [-0.05, 0) is 12.1 Å². The average Bonchev–Trinajstić information content (AvgIpc) is 2.15. The van der Waals surface area contributed by atoms with Crippen molar-refractivity contribution in [1.82, 2.24) is 0 Å². The number of hydrogen-bond acceptors (Lipinski definition) is 4. The van der Waals surface area contributed by atoms with E-state index in [1.165, 1.54) is 6.07 Å². The Bertz CT molecular complexity index is 396. The third-order valence-electron chi connectivity index (χ3n) is 1.19. The quantitative estimate of drug-likeness (QED) is 0.553. The topological polar surface area (TPSA) is 138 Å². The van der Waals surface area contributed by atoms with Crippen LogP contribution >= 0.6 is 0 Å². The summed E-state index contributed by atoms with van der Waals surface area (Å²) in [6.07, 6.45) is 0. The maximum atomic E-state index is 10.3. The Kier molecular flexibility index (Phi) is 9.54. The van der Waals surface area contributed by atoms with Gasteiger partial charge in [-0.3, -0.25) is 9.59 Å². The molecular weight excluding hydrogens is 242 g/mol. The zero-order valence-electron chi connectivity index (χ0n) is 9.95. The molecule has 0 heterocycles. The summed E-state index contributed by atoms with van der Waals surface area (Å²) in [7, 11) is 0. The Morgan fingerprint density at radius 2 is 1.28 bits per heavy atom. The first-order valence-corrected chi connectivity index (χ1v) is 4.65. The number of nitrogen functional groups attached to an aromatic ring is 1. The molecule has 0 aliphatic heterocycles. The second kappa shape index (κ2) is 9.64. The van der Waals surface area contributed by atoms with Gasteiger partial charge in [-0.15, -0.1) is 0 Å². The van der Waals surface area contributed by atoms with E-state index in [2.05, 4.69) is 0 Å². The summed E-state index contributed by atoms with van der Waals surface area (Å²) in [4.78, 5) is 28.3. The molecule has 0 atom stereocenters. The van der Waals surface area contributed by atoms with E-state index in [1.807, 2.05) is 0 Å². The van der Waals surface area contributed by atoms with Gasteiger partial charge in [0.05, 0.1) is 5.56 Å². The summed E-state index contributed by atoms with van der Waals surface area (Å²) in [6, 6.07) is 6.36. The van der Waals surface area contributed by atoms with Crippen LogP contribution in [0.3, 0.4) is 0 Å². The Morgan fingerprint density at radius 1 is 0.944 bits per heavy atom. The van der Waals surface area contributed by atoms with E-state index >= 15 is 0 Å². The fraction of sp³-hybridized carbons (Fsp3) is 0.182. The molecule has 0 saturated carbocycles. The molecule has 0 unspecified atom stereocenters. The van der Waals surface area contributed by atoms with E-state index in [9.17, 15) is 4.79 Å². The van der Waals surface area contributed by atoms with Gasteiger partial charge in [0.25, 0.3) is 11.9 Å². The molecular formula is C11H15NO6. The number of carboxylic acids is 3. The van der Waals surface area contributed by atoms with Crippen molar-refractivity contribution in [1.29, 1.82) is 0 Å². The number of anilines is 1. The number of carboxylic acid groups (broad SMARTS) is 3. The predicted octanol–water partition coefficient (Wildman–Crippen LogP) is 1.15. The number of para-hydroxylation sites is 1. The van der Waals surface area contributed by atoms with Crippen molar-refractivity contribution in [3.63, 3.8) is 0 Å². The van der Waals surface area contributed by atoms with Gasteiger partial charge >= 0.3 is 5.97 Å². The molecule has 1 rings (SSSR count). The van der Waals surface area contributed by atoms with E-state index in [-0.39, 0.29) is 5.56 Å². The maximum absolute atomic E-state index is 10.3. The molecule has 0 fully saturated rings. The summed E-state index contributed by atoms with van der Waals surface area (Å²) >= 11 is 0. The van der Waals surface area contributed by atoms with Gasteiger partial charge in [0.1, 0.15) is 0 Å². The highest BCUT2D eigenvalue weighted by atomic mass is 16.4. The molecule has 0 saturated heterocycles. The first kappa shape index (κ1) is 17.8. The van der Waals surface area contributed by atoms with E-state index in [0.717, 1.165) is 13.8 Å². The second-order valence-corrected chi connectivity index (χ2v) is 2.93. The fourth-order valence-electron chi connectivity index (χ4n) is 0.692. The Morgan fingerprint density at radius 3 is 1.50 bits per heavy atom. The molecule has 0 radical (unpaired) electrons. The minimum atomic E-state index is -0.988. The van der Waals surface area contributed by atoms with Crippen LogP contribution < -0.4 is 5.73 Å². The Hall–Kier alpha value is -2.57. The normalized spacial score (nSPS) is 7.89. The number of benzene rings is 1. The van der Waals surface area contributed by atoms with Crippen LogP contribution in [-0.2, 0) is 9.59 Å². The minimum absolute atomic E-state index is 0.155. The van der Waals surface area contributed by atoms with Crippen molar-refractivity contribution in [2.24, 2.45) is 0 Å². The van der Waals surface area contributed by atoms with Crippen LogP contribution in [0.15, 0.2) is 24.3 Å². The van der Waals surface area contributed by atoms with Crippen LogP contribution in [0.2, 0.25) is 0 Å². The van der Waals surface area contributed by atoms with Crippen molar-refractivity contribution < 1.29 is 29.7 Å². The zero-order chi connectivity index (χ0) is 14.7. The van der Waals surface area contributed by atoms with E-state index in [4.69, 9.17) is 30.6 Å². The predicted molar refractivity (Wildman–Crippen MR) is 64.4 cm³/mol. The van der Waals surface area contributed by atoms with Crippen LogP contribution in [0.1, 0.15) is 24.2 Å². The number of hydrogen-bond donors (Lipinski definition) is 4. The molecule has 0 aliphatic carbocycles. The Labute approximate surface area is 103 Å². The summed E-state index contributed by atoms with van der Waals surface area (Å²) < 4.78 is 0. The second-order valence-electron chi connectivity index (χ2n) is 2.93. The molecule has 100 valence electrons. The minimum Gasteiger partial charge on any atom is -0.481 e. The molecule has 0 bridgehead atoms. The number of rotatable bonds is 1. The van der Waals surface area contributed by atoms with Gasteiger partial charge in [0.2, 0.25) is 0 Å². The van der Waals surface area contributed by atoms with Crippen LogP contribution in [0.5, 0.6) is 0 Å². The third-order valence-corrected chi connectivity index (χ3v) is 1.19. The van der Waals surface area contributed by atoms with Gasteiger partial charge in [-0.1, -0.05) is 12.1 Å². The molecule has 0 aliphatic rings. The summed E-state index contributed by atoms with van der Waals surface area (Å²) in [6.45, 7) is 2.17. The number of nitrogens with two attached hydrogens (primary N) is 1. The highest BCUT2D eigenvalue weighted by Gasteiger charge is 2.03. The summed E-state index contributed by atoms with van der Waals surface area (Å²) in [5.41, 5.74) is 5.80. The standard InChI is InChI=1S/C7H7NO2.2C2H4O2/c8-6-4-2-1-3-5(6)7(9)10;2*1-2(3)4/h1-4H,8H2,(H,9,10);2*1H3,(H,3,4). The lowest BCUT2D eigenvalue weighted by molar-refractivity contribution is -0.135. The molecule has 18 heavy (non-hydrogen) atoms. The summed E-state index contributed by atoms with van der Waals surface area (Å²) in [5, 5.41) is 23.3. The van der Waals surface area contributed by atoms with Gasteiger partial charge in [-0.25, -0.2) is 4.79 Å². The number of aromatic carboxylic acids is 1. The first-order chi connectivity index (χ1) is 8.18. The molecule has 1 aromatic carbocycles. The smallest absolute Gasteiger partial charge is 0.337 e. The molecule has 5 N–H and O–H groups in total. The van der Waals surface area contributed by atoms with Crippen LogP contribution in [0.25, 0.3) is 0 Å². The average molecular weight is 257 g/mol. The molecule has 7 heteroatoms. The largest absolute Gasteiger partial charge is 0.481 e. The van der Waals surface area contributed by atoms with E-state index in [0.29, 0.717) is 5.69 Å². The maximum Gasteiger partial charge on any atom is 0.337 e. The zero-order valence-corrected chi connectivity index (χ0v) is 9.95. The van der Waals surface area contributed by atoms with Crippen molar-refractivity contribution >= 4 is 23.6 Å². The lowest BCUT2D eigenvalue weighted by Gasteiger charge is -1.96. The molecule has 1 aromatic rings. The fourth-order valence-corrected chi connectivity index (χ4v) is 0.692. The van der Waals surface area contributed by atoms with Gasteiger partial charge in [0, 0.05) is 19.5 Å². The lowest BCUT2D eigenvalue weighted by atomic mass is 10.2. The van der Waals surface area contributed by atoms with Gasteiger partial charge < -0.3 is 21.1 Å². The molecule has 0 spiro atoms. The van der Waals surface area contributed by atoms with Crippen LogP contribution in [0, 0.1) is 0 Å². The van der Waals surface area contributed by atoms with Crippen molar-refractivity contribution in [2.45, 2.75) is 13.8 Å². The van der Waals surface area contributed by atoms with Gasteiger partial charge in [0.15, 0.2) is 0 Å². The van der Waals surface area contributed by atoms with Crippen LogP contribution in [0.4, 0.5) is 5.69 Å². The highest BCUT2D eigenvalue weighted by Crippen LogP contribution is 2.08. The van der Waals surface area contributed by atoms with E-state index in [1.54, 1.807) is 18.2 Å². The Balaban J connectivity index is 0. The SMILES string of the molecule is CC(=O)O.CC(=O)O.Nc1ccccc1C(=O)O. The molecule has 0 aromatic heterocycles. The third kappa shape index (κ3) is 13.4. The summed E-state index contributed by atoms with van der Waals surface area (Å²) in [5.74, 6) is -2.65. The molecule has 7 nitrogen and oxygen atoms in total. The van der Waals surface area contributed by atoms with Gasteiger partial charge in [-0.2, -0.15) is 0 Å². The van der Waals surface area contributed by atoms with Crippen molar-refractivity contribution in [3.05, 3.63) is 29.8 Å². The monoisotopic (exact) mass is 257 g/mol. The van der Waals surface area contributed by atoms with Crippen molar-refractivity contribution in [3.8, 4) is 0 Å². The number of carbonyl (C=O) groups is 3.